The van der Waals surface area contributed by atoms with Crippen LogP contribution in [-0.2, 0) is 9.59 Å². The predicted octanol–water partition coefficient (Wildman–Crippen LogP) is 4.14. The van der Waals surface area contributed by atoms with Gasteiger partial charge in [-0.3, -0.25) is 9.59 Å². The van der Waals surface area contributed by atoms with Gasteiger partial charge in [-0.25, -0.2) is 4.98 Å². The molecule has 0 radical (unpaired) electrons. The highest BCUT2D eigenvalue weighted by molar-refractivity contribution is 5.92. The predicted molar refractivity (Wildman–Crippen MR) is 112 cm³/mol. The van der Waals surface area contributed by atoms with Crippen LogP contribution >= 0.6 is 0 Å². The maximum Gasteiger partial charge on any atom is 0.246 e. The molecule has 0 bridgehead atoms. The van der Waals surface area contributed by atoms with Gasteiger partial charge in [-0.05, 0) is 48.2 Å². The van der Waals surface area contributed by atoms with Crippen molar-refractivity contribution in [1.29, 1.82) is 0 Å². The van der Waals surface area contributed by atoms with Crippen LogP contribution in [-0.4, -0.2) is 33.7 Å². The molecule has 144 valence electrons. The van der Waals surface area contributed by atoms with Gasteiger partial charge in [0.1, 0.15) is 5.82 Å². The summed E-state index contributed by atoms with van der Waals surface area (Å²) in [6.07, 6.45) is 5.27. The van der Waals surface area contributed by atoms with Gasteiger partial charge in [0.2, 0.25) is 11.8 Å². The van der Waals surface area contributed by atoms with E-state index in [0.717, 1.165) is 22.2 Å². The van der Waals surface area contributed by atoms with E-state index < -0.39 is 0 Å². The molecular formula is C22H24N4O2. The van der Waals surface area contributed by atoms with Gasteiger partial charge in [0.25, 0.3) is 0 Å². The van der Waals surface area contributed by atoms with Gasteiger partial charge in [-0.15, -0.1) is 0 Å². The van der Waals surface area contributed by atoms with Crippen molar-refractivity contribution >= 4 is 34.6 Å². The second-order valence-electron chi connectivity index (χ2n) is 6.65. The molecule has 1 unspecified atom stereocenters. The highest BCUT2D eigenvalue weighted by Crippen LogP contribution is 2.23. The van der Waals surface area contributed by atoms with E-state index >= 15 is 0 Å². The van der Waals surface area contributed by atoms with Crippen LogP contribution in [0.4, 0.5) is 5.82 Å². The first-order chi connectivity index (χ1) is 13.5. The number of hydrogen-bond donors (Lipinski definition) is 2. The molecule has 0 aliphatic heterocycles. The topological polar surface area (TPSA) is 78.1 Å². The van der Waals surface area contributed by atoms with E-state index in [1.807, 2.05) is 37.3 Å². The van der Waals surface area contributed by atoms with Crippen LogP contribution in [0, 0.1) is 0 Å². The summed E-state index contributed by atoms with van der Waals surface area (Å²) in [6, 6.07) is 13.6. The van der Waals surface area contributed by atoms with Crippen LogP contribution in [0.2, 0.25) is 0 Å². The van der Waals surface area contributed by atoms with E-state index in [-0.39, 0.29) is 17.9 Å². The van der Waals surface area contributed by atoms with Crippen molar-refractivity contribution in [3.8, 4) is 0 Å². The van der Waals surface area contributed by atoms with Crippen molar-refractivity contribution in [2.75, 3.05) is 12.4 Å². The number of rotatable bonds is 6. The van der Waals surface area contributed by atoms with Crippen LogP contribution < -0.4 is 5.32 Å². The number of fused-ring (bicyclic) bond motifs is 1. The molecule has 2 amide bonds. The zero-order valence-electron chi connectivity index (χ0n) is 16.3. The Labute approximate surface area is 164 Å². The Hall–Kier alpha value is -3.41. The third-order valence-corrected chi connectivity index (χ3v) is 4.72. The largest absolute Gasteiger partial charge is 0.357 e. The van der Waals surface area contributed by atoms with Crippen molar-refractivity contribution in [2.24, 2.45) is 0 Å². The molecule has 3 rings (SSSR count). The zero-order chi connectivity index (χ0) is 20.1. The number of carbonyl (C=O) groups excluding carboxylic acids is 2. The van der Waals surface area contributed by atoms with E-state index in [1.54, 1.807) is 37.2 Å². The molecule has 1 aromatic carbocycles. The summed E-state index contributed by atoms with van der Waals surface area (Å²) in [6.45, 7) is 3.77. The highest BCUT2D eigenvalue weighted by Gasteiger charge is 2.17. The fourth-order valence-corrected chi connectivity index (χ4v) is 2.81. The lowest BCUT2D eigenvalue weighted by atomic mass is 10.2. The number of aromatic nitrogens is 2. The maximum absolute atomic E-state index is 12.5. The van der Waals surface area contributed by atoms with E-state index in [0.29, 0.717) is 12.2 Å². The number of amides is 2. The smallest absolute Gasteiger partial charge is 0.246 e. The Bertz CT molecular complexity index is 972. The number of pyridine rings is 1. The molecular weight excluding hydrogens is 352 g/mol. The lowest BCUT2D eigenvalue weighted by molar-refractivity contribution is -0.126. The summed E-state index contributed by atoms with van der Waals surface area (Å²) in [4.78, 5) is 33.2. The quantitative estimate of drug-likeness (QED) is 0.635. The first-order valence-corrected chi connectivity index (χ1v) is 9.26. The highest BCUT2D eigenvalue weighted by atomic mass is 16.2. The molecule has 0 spiro atoms. The first-order valence-electron chi connectivity index (χ1n) is 9.26. The number of nitrogens with one attached hydrogen (secondary N) is 2. The molecule has 28 heavy (non-hydrogen) atoms. The summed E-state index contributed by atoms with van der Waals surface area (Å²) in [5.41, 5.74) is 2.83. The Morgan fingerprint density at radius 2 is 2.04 bits per heavy atom. The van der Waals surface area contributed by atoms with Crippen molar-refractivity contribution in [2.45, 2.75) is 26.3 Å². The van der Waals surface area contributed by atoms with Crippen LogP contribution in [0.25, 0.3) is 17.0 Å². The molecule has 0 saturated carbocycles. The minimum atomic E-state index is -0.102. The first kappa shape index (κ1) is 19.4. The van der Waals surface area contributed by atoms with Crippen molar-refractivity contribution < 1.29 is 9.59 Å². The Kier molecular flexibility index (Phi) is 5.89. The maximum atomic E-state index is 12.5. The molecule has 2 N–H and O–H groups in total. The van der Waals surface area contributed by atoms with Crippen molar-refractivity contribution in [3.63, 3.8) is 0 Å². The normalized spacial score (nSPS) is 12.2. The number of nitrogens with zero attached hydrogens (tertiary/aromatic N) is 2. The third-order valence-electron chi connectivity index (χ3n) is 4.72. The molecule has 3 aromatic rings. The second kappa shape index (κ2) is 8.52. The monoisotopic (exact) mass is 376 g/mol. The second-order valence-corrected chi connectivity index (χ2v) is 6.65. The van der Waals surface area contributed by atoms with Crippen LogP contribution in [0.5, 0.6) is 0 Å². The molecule has 6 heteroatoms. The lowest BCUT2D eigenvalue weighted by Crippen LogP contribution is -2.28. The molecule has 2 aromatic heterocycles. The summed E-state index contributed by atoms with van der Waals surface area (Å²) in [5, 5.41) is 3.82. The number of H-pyrrole nitrogens is 1. The average molecular weight is 376 g/mol. The van der Waals surface area contributed by atoms with Crippen LogP contribution in [0.15, 0.2) is 54.7 Å². The fourth-order valence-electron chi connectivity index (χ4n) is 2.81. The summed E-state index contributed by atoms with van der Waals surface area (Å²) >= 11 is 0. The number of para-hydroxylation sites is 1. The van der Waals surface area contributed by atoms with Gasteiger partial charge in [0.15, 0.2) is 0 Å². The molecule has 0 aliphatic carbocycles. The van der Waals surface area contributed by atoms with Crippen LogP contribution in [0.3, 0.4) is 0 Å². The van der Waals surface area contributed by atoms with Gasteiger partial charge in [-0.2, -0.15) is 0 Å². The standard InChI is InChI=1S/C22H24N4O2/c1-4-21(27)25-20-11-9-16(14-23-20)10-12-22(28)26(3)15(2)19-13-17-7-5-6-8-18(17)24-19/h5-15,24H,4H2,1-3H3,(H,23,25,27)/b12-10+. The van der Waals surface area contributed by atoms with Gasteiger partial charge in [0.05, 0.1) is 6.04 Å². The summed E-state index contributed by atoms with van der Waals surface area (Å²) in [7, 11) is 1.78. The van der Waals surface area contributed by atoms with E-state index in [4.69, 9.17) is 0 Å². The molecule has 0 fully saturated rings. The average Bonchev–Trinajstić information content (AvgIpc) is 3.16. The minimum Gasteiger partial charge on any atom is -0.357 e. The molecule has 2 heterocycles. The zero-order valence-corrected chi connectivity index (χ0v) is 16.3. The van der Waals surface area contributed by atoms with Gasteiger partial charge >= 0.3 is 0 Å². The van der Waals surface area contributed by atoms with Crippen molar-refractivity contribution in [1.82, 2.24) is 14.9 Å². The number of aromatic amines is 1. The number of carbonyl (C=O) groups is 2. The van der Waals surface area contributed by atoms with Gasteiger partial charge in [0, 0.05) is 37.0 Å². The minimum absolute atomic E-state index is 0.0847. The Balaban J connectivity index is 1.65. The summed E-state index contributed by atoms with van der Waals surface area (Å²) < 4.78 is 0. The molecule has 0 aliphatic rings. The number of anilines is 1. The van der Waals surface area contributed by atoms with Gasteiger partial charge < -0.3 is 15.2 Å². The molecule has 1 atom stereocenters. The Morgan fingerprint density at radius 3 is 2.71 bits per heavy atom. The van der Waals surface area contributed by atoms with Crippen LogP contribution in [0.1, 0.15) is 37.6 Å². The molecule has 6 nitrogen and oxygen atoms in total. The van der Waals surface area contributed by atoms with E-state index in [1.165, 1.54) is 6.08 Å². The van der Waals surface area contributed by atoms with Crippen molar-refractivity contribution in [3.05, 3.63) is 66.0 Å². The van der Waals surface area contributed by atoms with E-state index in [9.17, 15) is 9.59 Å². The lowest BCUT2D eigenvalue weighted by Gasteiger charge is -2.22. The number of likely N-dealkylation sites (N-methyl/N-ethyl adjacent to an activating group) is 1. The SMILES string of the molecule is CCC(=O)Nc1ccc(/C=C/C(=O)N(C)C(C)c2cc3ccccc3[nH]2)cn1. The number of benzene rings is 1. The third kappa shape index (κ3) is 4.46. The van der Waals surface area contributed by atoms with E-state index in [2.05, 4.69) is 21.4 Å². The van der Waals surface area contributed by atoms with Gasteiger partial charge in [-0.1, -0.05) is 25.1 Å². The fraction of sp³-hybridized carbons (Fsp3) is 0.227. The Morgan fingerprint density at radius 1 is 1.25 bits per heavy atom. The number of hydrogen-bond acceptors (Lipinski definition) is 3. The summed E-state index contributed by atoms with van der Waals surface area (Å²) in [5.74, 6) is 0.313. The molecule has 0 saturated heterocycles.